The highest BCUT2D eigenvalue weighted by Crippen LogP contribution is 2.37. The third-order valence-corrected chi connectivity index (χ3v) is 9.51. The van der Waals surface area contributed by atoms with Crippen LogP contribution in [0.25, 0.3) is 21.8 Å². The number of carbonyl (C=O) groups excluding carboxylic acids is 1. The Balaban J connectivity index is 0.946. The standard InChI is InChI=1S/C33H39N7O3/c1-20-32-25(27-17-23(42-3)5-7-29(27)34-32)10-14-38(20)13-9-22-19-39(37-36-22)15-12-31(41)40-16-11-26-28-18-24(43-4)6-8-30(28)35-33(26)21(40)2/h5-8,17-21,34-35H,9-16H2,1-4H3. The van der Waals surface area contributed by atoms with E-state index in [0.29, 0.717) is 25.6 Å². The molecule has 2 N–H and O–H groups in total. The smallest absolute Gasteiger partial charge is 0.225 e. The van der Waals surface area contributed by atoms with Gasteiger partial charge >= 0.3 is 0 Å². The second-order valence-corrected chi connectivity index (χ2v) is 11.8. The molecule has 3 aromatic heterocycles. The molecule has 2 aromatic carbocycles. The van der Waals surface area contributed by atoms with Gasteiger partial charge in [0.25, 0.3) is 0 Å². The summed E-state index contributed by atoms with van der Waals surface area (Å²) in [5.41, 5.74) is 8.31. The van der Waals surface area contributed by atoms with Crippen molar-refractivity contribution in [3.05, 3.63) is 70.8 Å². The van der Waals surface area contributed by atoms with Gasteiger partial charge in [-0.05, 0) is 74.2 Å². The molecule has 0 spiro atoms. The number of fused-ring (bicyclic) bond motifs is 6. The van der Waals surface area contributed by atoms with Crippen LogP contribution in [-0.2, 0) is 30.6 Å². The summed E-state index contributed by atoms with van der Waals surface area (Å²) in [6.07, 6.45) is 5.04. The predicted octanol–water partition coefficient (Wildman–Crippen LogP) is 4.96. The number of hydrogen-bond donors (Lipinski definition) is 2. The molecular formula is C33H39N7O3. The second-order valence-electron chi connectivity index (χ2n) is 11.8. The molecular weight excluding hydrogens is 542 g/mol. The predicted molar refractivity (Wildman–Crippen MR) is 166 cm³/mol. The van der Waals surface area contributed by atoms with Crippen molar-refractivity contribution >= 4 is 27.7 Å². The van der Waals surface area contributed by atoms with E-state index in [1.165, 1.54) is 33.1 Å². The molecule has 0 radical (unpaired) electrons. The average Bonchev–Trinajstić information content (AvgIpc) is 3.75. The van der Waals surface area contributed by atoms with Crippen LogP contribution < -0.4 is 9.47 Å². The monoisotopic (exact) mass is 581 g/mol. The second kappa shape index (κ2) is 11.1. The topological polar surface area (TPSA) is 104 Å². The van der Waals surface area contributed by atoms with Crippen molar-refractivity contribution in [2.24, 2.45) is 0 Å². The summed E-state index contributed by atoms with van der Waals surface area (Å²) in [5, 5.41) is 11.2. The molecule has 43 heavy (non-hydrogen) atoms. The molecule has 5 heterocycles. The Bertz CT molecular complexity index is 1800. The minimum Gasteiger partial charge on any atom is -0.497 e. The van der Waals surface area contributed by atoms with Gasteiger partial charge in [-0.15, -0.1) is 5.10 Å². The van der Waals surface area contributed by atoms with Crippen LogP contribution in [0.2, 0.25) is 0 Å². The van der Waals surface area contributed by atoms with Gasteiger partial charge < -0.3 is 24.3 Å². The minimum absolute atomic E-state index is 0.00714. The highest BCUT2D eigenvalue weighted by molar-refractivity contribution is 5.88. The number of aromatic amines is 2. The zero-order valence-corrected chi connectivity index (χ0v) is 25.3. The lowest BCUT2D eigenvalue weighted by atomic mass is 9.98. The van der Waals surface area contributed by atoms with Crippen LogP contribution in [0.5, 0.6) is 11.5 Å². The van der Waals surface area contributed by atoms with E-state index in [2.05, 4.69) is 63.3 Å². The van der Waals surface area contributed by atoms with Crippen molar-refractivity contribution in [3.63, 3.8) is 0 Å². The molecule has 2 atom stereocenters. The highest BCUT2D eigenvalue weighted by atomic mass is 16.5. The Morgan fingerprint density at radius 3 is 2.16 bits per heavy atom. The molecule has 5 aromatic rings. The van der Waals surface area contributed by atoms with Gasteiger partial charge in [0.1, 0.15) is 11.5 Å². The lowest BCUT2D eigenvalue weighted by molar-refractivity contribution is -0.134. The molecule has 10 heteroatoms. The zero-order chi connectivity index (χ0) is 29.7. The maximum Gasteiger partial charge on any atom is 0.225 e. The Hall–Kier alpha value is -4.31. The van der Waals surface area contributed by atoms with Crippen LogP contribution in [0.1, 0.15) is 60.6 Å². The van der Waals surface area contributed by atoms with Gasteiger partial charge in [-0.3, -0.25) is 14.4 Å². The molecule has 1 amide bonds. The first-order chi connectivity index (χ1) is 20.9. The van der Waals surface area contributed by atoms with Gasteiger partial charge in [-0.1, -0.05) is 5.21 Å². The lowest BCUT2D eigenvalue weighted by Gasteiger charge is -2.33. The fourth-order valence-electron chi connectivity index (χ4n) is 7.03. The zero-order valence-electron chi connectivity index (χ0n) is 25.3. The molecule has 7 rings (SSSR count). The number of benzene rings is 2. The van der Waals surface area contributed by atoms with Crippen molar-refractivity contribution in [2.45, 2.75) is 58.2 Å². The number of rotatable bonds is 8. The summed E-state index contributed by atoms with van der Waals surface area (Å²) in [7, 11) is 3.40. The molecule has 10 nitrogen and oxygen atoms in total. The highest BCUT2D eigenvalue weighted by Gasteiger charge is 2.31. The summed E-state index contributed by atoms with van der Waals surface area (Å²) in [5.74, 6) is 1.88. The first kappa shape index (κ1) is 27.5. The molecule has 2 aliphatic heterocycles. The first-order valence-corrected chi connectivity index (χ1v) is 15.2. The number of nitrogens with one attached hydrogen (secondary N) is 2. The van der Waals surface area contributed by atoms with Gasteiger partial charge in [-0.2, -0.15) is 0 Å². The van der Waals surface area contributed by atoms with E-state index in [4.69, 9.17) is 9.47 Å². The van der Waals surface area contributed by atoms with E-state index in [-0.39, 0.29) is 11.9 Å². The van der Waals surface area contributed by atoms with Gasteiger partial charge in [-0.25, -0.2) is 0 Å². The van der Waals surface area contributed by atoms with Crippen molar-refractivity contribution in [1.82, 2.24) is 34.8 Å². The molecule has 2 aliphatic rings. The van der Waals surface area contributed by atoms with Gasteiger partial charge in [0.2, 0.25) is 5.91 Å². The van der Waals surface area contributed by atoms with Gasteiger partial charge in [0.15, 0.2) is 0 Å². The van der Waals surface area contributed by atoms with Gasteiger partial charge in [0.05, 0.1) is 32.5 Å². The molecule has 224 valence electrons. The fourth-order valence-corrected chi connectivity index (χ4v) is 7.03. The Labute approximate surface area is 250 Å². The summed E-state index contributed by atoms with van der Waals surface area (Å²) in [6.45, 7) is 7.51. The minimum atomic E-state index is -0.00714. The number of amides is 1. The van der Waals surface area contributed by atoms with Crippen LogP contribution in [-0.4, -0.2) is 74.5 Å². The van der Waals surface area contributed by atoms with Crippen LogP contribution >= 0.6 is 0 Å². The third kappa shape index (κ3) is 4.93. The molecule has 0 aliphatic carbocycles. The number of ether oxygens (including phenoxy) is 2. The van der Waals surface area contributed by atoms with Crippen molar-refractivity contribution in [3.8, 4) is 11.5 Å². The van der Waals surface area contributed by atoms with Gasteiger partial charge in [0, 0.05) is 77.9 Å². The van der Waals surface area contributed by atoms with Crippen LogP contribution in [0.3, 0.4) is 0 Å². The van der Waals surface area contributed by atoms with Crippen molar-refractivity contribution in [1.29, 1.82) is 0 Å². The summed E-state index contributed by atoms with van der Waals surface area (Å²) in [6, 6.07) is 12.6. The Morgan fingerprint density at radius 1 is 0.884 bits per heavy atom. The Morgan fingerprint density at radius 2 is 1.51 bits per heavy atom. The van der Waals surface area contributed by atoms with Crippen molar-refractivity contribution in [2.75, 3.05) is 33.9 Å². The molecule has 2 unspecified atom stereocenters. The maximum atomic E-state index is 13.3. The fraction of sp³-hybridized carbons (Fsp3) is 0.424. The average molecular weight is 582 g/mol. The number of H-pyrrole nitrogens is 2. The first-order valence-electron chi connectivity index (χ1n) is 15.2. The number of aromatic nitrogens is 5. The SMILES string of the molecule is COc1ccc2[nH]c3c(c2c1)CCN(CCc1cn(CCC(=O)N2CCc4c([nH]c5ccc(OC)cc45)C2C)nn1)C3C. The number of carbonyl (C=O) groups is 1. The molecule has 0 bridgehead atoms. The van der Waals surface area contributed by atoms with E-state index in [9.17, 15) is 4.79 Å². The van der Waals surface area contributed by atoms with Crippen molar-refractivity contribution < 1.29 is 14.3 Å². The van der Waals surface area contributed by atoms with E-state index in [1.54, 1.807) is 14.2 Å². The number of aryl methyl sites for hydroxylation is 1. The van der Waals surface area contributed by atoms with E-state index in [0.717, 1.165) is 60.8 Å². The van der Waals surface area contributed by atoms with E-state index < -0.39 is 0 Å². The molecule has 0 saturated heterocycles. The summed E-state index contributed by atoms with van der Waals surface area (Å²) >= 11 is 0. The number of nitrogens with zero attached hydrogens (tertiary/aromatic N) is 5. The maximum absolute atomic E-state index is 13.3. The third-order valence-electron chi connectivity index (χ3n) is 9.51. The van der Waals surface area contributed by atoms with E-state index >= 15 is 0 Å². The number of hydrogen-bond acceptors (Lipinski definition) is 6. The van der Waals surface area contributed by atoms with Crippen LogP contribution in [0.4, 0.5) is 0 Å². The normalized spacial score (nSPS) is 18.7. The molecule has 0 saturated carbocycles. The quantitative estimate of drug-likeness (QED) is 0.269. The summed E-state index contributed by atoms with van der Waals surface area (Å²) < 4.78 is 12.7. The van der Waals surface area contributed by atoms with E-state index in [1.807, 2.05) is 27.9 Å². The van der Waals surface area contributed by atoms with Crippen LogP contribution in [0.15, 0.2) is 42.6 Å². The summed E-state index contributed by atoms with van der Waals surface area (Å²) in [4.78, 5) is 25.0. The Kier molecular flexibility index (Phi) is 7.09. The lowest BCUT2D eigenvalue weighted by Crippen LogP contribution is -2.39. The largest absolute Gasteiger partial charge is 0.497 e. The molecule has 0 fully saturated rings. The van der Waals surface area contributed by atoms with Crippen LogP contribution in [0, 0.1) is 0 Å². The number of methoxy groups -OCH3 is 2.